The number of carbonyl (C=O) groups excluding carboxylic acids is 1. The van der Waals surface area contributed by atoms with Crippen molar-refractivity contribution in [2.24, 2.45) is 0 Å². The molecule has 0 saturated carbocycles. The first kappa shape index (κ1) is 15.3. The standard InChI is InChI=1S/C11H13N3O6/c1-5-4-7(11(17)20-3)8(14(18)19)9(12-5)13-6(2)10(15)16/h4,6H,1-3H3,(H,12,13)(H,15,16). The molecular formula is C11H13N3O6. The van der Waals surface area contributed by atoms with Gasteiger partial charge in [0.25, 0.3) is 0 Å². The molecule has 0 fully saturated rings. The number of aromatic nitrogens is 1. The van der Waals surface area contributed by atoms with Gasteiger partial charge in [0, 0.05) is 5.69 Å². The lowest BCUT2D eigenvalue weighted by Gasteiger charge is -2.12. The molecule has 1 heterocycles. The maximum Gasteiger partial charge on any atom is 0.345 e. The molecule has 0 saturated heterocycles. The van der Waals surface area contributed by atoms with Crippen LogP contribution in [-0.2, 0) is 9.53 Å². The number of pyridine rings is 1. The average Bonchev–Trinajstić information content (AvgIpc) is 2.36. The van der Waals surface area contributed by atoms with Crippen molar-refractivity contribution in [3.05, 3.63) is 27.4 Å². The lowest BCUT2D eigenvalue weighted by atomic mass is 10.1. The smallest absolute Gasteiger partial charge is 0.345 e. The Morgan fingerprint density at radius 3 is 2.60 bits per heavy atom. The van der Waals surface area contributed by atoms with Gasteiger partial charge in [0.1, 0.15) is 11.6 Å². The molecule has 0 spiro atoms. The maximum absolute atomic E-state index is 11.6. The molecule has 0 amide bonds. The number of anilines is 1. The molecule has 1 rings (SSSR count). The number of carboxylic acid groups (broad SMARTS) is 1. The number of hydrogen-bond acceptors (Lipinski definition) is 7. The zero-order valence-corrected chi connectivity index (χ0v) is 11.0. The Balaban J connectivity index is 3.42. The fraction of sp³-hybridized carbons (Fsp3) is 0.364. The van der Waals surface area contributed by atoms with Crippen molar-refractivity contribution >= 4 is 23.4 Å². The van der Waals surface area contributed by atoms with E-state index in [1.165, 1.54) is 19.9 Å². The number of carboxylic acids is 1. The van der Waals surface area contributed by atoms with Crippen LogP contribution in [-0.4, -0.2) is 40.1 Å². The Hall–Kier alpha value is -2.71. The summed E-state index contributed by atoms with van der Waals surface area (Å²) < 4.78 is 4.47. The summed E-state index contributed by atoms with van der Waals surface area (Å²) in [5.41, 5.74) is -0.586. The average molecular weight is 283 g/mol. The van der Waals surface area contributed by atoms with Crippen LogP contribution in [0.3, 0.4) is 0 Å². The van der Waals surface area contributed by atoms with E-state index in [9.17, 15) is 19.7 Å². The van der Waals surface area contributed by atoms with Crippen LogP contribution in [0.2, 0.25) is 0 Å². The van der Waals surface area contributed by atoms with Crippen molar-refractivity contribution < 1.29 is 24.4 Å². The summed E-state index contributed by atoms with van der Waals surface area (Å²) in [6.45, 7) is 2.82. The predicted molar refractivity (Wildman–Crippen MR) is 67.7 cm³/mol. The third-order valence-electron chi connectivity index (χ3n) is 2.43. The summed E-state index contributed by atoms with van der Waals surface area (Å²) in [6.07, 6.45) is 0. The minimum Gasteiger partial charge on any atom is -0.480 e. The molecule has 0 aliphatic rings. The second kappa shape index (κ2) is 5.95. The molecule has 9 nitrogen and oxygen atoms in total. The number of nitrogens with one attached hydrogen (secondary N) is 1. The van der Waals surface area contributed by atoms with Gasteiger partial charge in [-0.3, -0.25) is 14.9 Å². The Bertz CT molecular complexity index is 572. The van der Waals surface area contributed by atoms with Crippen molar-refractivity contribution in [2.45, 2.75) is 19.9 Å². The molecule has 1 aromatic rings. The largest absolute Gasteiger partial charge is 0.480 e. The quantitative estimate of drug-likeness (QED) is 0.464. The first-order valence-corrected chi connectivity index (χ1v) is 5.51. The fourth-order valence-corrected chi connectivity index (χ4v) is 1.48. The first-order chi connectivity index (χ1) is 9.27. The molecule has 0 aliphatic heterocycles. The molecule has 0 bridgehead atoms. The van der Waals surface area contributed by atoms with E-state index in [1.807, 2.05) is 0 Å². The zero-order chi connectivity index (χ0) is 15.4. The van der Waals surface area contributed by atoms with Gasteiger partial charge in [-0.1, -0.05) is 0 Å². The lowest BCUT2D eigenvalue weighted by molar-refractivity contribution is -0.384. The van der Waals surface area contributed by atoms with Crippen molar-refractivity contribution in [1.29, 1.82) is 0 Å². The number of esters is 1. The second-order valence-corrected chi connectivity index (χ2v) is 3.96. The predicted octanol–water partition coefficient (Wildman–Crippen LogP) is 0.970. The number of methoxy groups -OCH3 is 1. The number of nitro groups is 1. The number of ether oxygens (including phenoxy) is 1. The highest BCUT2D eigenvalue weighted by atomic mass is 16.6. The number of aliphatic carboxylic acids is 1. The molecule has 108 valence electrons. The maximum atomic E-state index is 11.6. The van der Waals surface area contributed by atoms with Crippen LogP contribution in [0.4, 0.5) is 11.5 Å². The molecule has 2 N–H and O–H groups in total. The second-order valence-electron chi connectivity index (χ2n) is 3.96. The van der Waals surface area contributed by atoms with Crippen molar-refractivity contribution in [1.82, 2.24) is 4.98 Å². The van der Waals surface area contributed by atoms with Gasteiger partial charge in [-0.25, -0.2) is 9.78 Å². The third kappa shape index (κ3) is 3.19. The number of aryl methyl sites for hydroxylation is 1. The van der Waals surface area contributed by atoms with Crippen LogP contribution < -0.4 is 5.32 Å². The molecule has 9 heteroatoms. The van der Waals surface area contributed by atoms with Crippen molar-refractivity contribution in [2.75, 3.05) is 12.4 Å². The summed E-state index contributed by atoms with van der Waals surface area (Å²) in [4.78, 5) is 36.5. The minimum absolute atomic E-state index is 0.287. The summed E-state index contributed by atoms with van der Waals surface area (Å²) in [5.74, 6) is -2.39. The monoisotopic (exact) mass is 283 g/mol. The Morgan fingerprint density at radius 2 is 2.15 bits per heavy atom. The SMILES string of the molecule is COC(=O)c1cc(C)nc(NC(C)C(=O)O)c1[N+](=O)[O-]. The van der Waals surface area contributed by atoms with Crippen LogP contribution in [0, 0.1) is 17.0 Å². The van der Waals surface area contributed by atoms with E-state index in [4.69, 9.17) is 5.11 Å². The van der Waals surface area contributed by atoms with Gasteiger partial charge in [-0.2, -0.15) is 0 Å². The van der Waals surface area contributed by atoms with Gasteiger partial charge in [-0.15, -0.1) is 0 Å². The highest BCUT2D eigenvalue weighted by Gasteiger charge is 2.29. The van der Waals surface area contributed by atoms with E-state index in [-0.39, 0.29) is 11.4 Å². The summed E-state index contributed by atoms with van der Waals surface area (Å²) in [5, 5.41) is 22.3. The zero-order valence-electron chi connectivity index (χ0n) is 11.0. The highest BCUT2D eigenvalue weighted by molar-refractivity contribution is 5.96. The molecule has 0 radical (unpaired) electrons. The van der Waals surface area contributed by atoms with Gasteiger partial charge in [-0.05, 0) is 19.9 Å². The van der Waals surface area contributed by atoms with Crippen LogP contribution in [0.15, 0.2) is 6.07 Å². The summed E-state index contributed by atoms with van der Waals surface area (Å²) in [7, 11) is 1.09. The van der Waals surface area contributed by atoms with Crippen molar-refractivity contribution in [3.8, 4) is 0 Å². The van der Waals surface area contributed by atoms with Crippen LogP contribution >= 0.6 is 0 Å². The van der Waals surface area contributed by atoms with Crippen LogP contribution in [0.25, 0.3) is 0 Å². The van der Waals surface area contributed by atoms with E-state index in [2.05, 4.69) is 15.0 Å². The Morgan fingerprint density at radius 1 is 1.55 bits per heavy atom. The normalized spacial score (nSPS) is 11.6. The van der Waals surface area contributed by atoms with Gasteiger partial charge >= 0.3 is 17.6 Å². The molecule has 0 aromatic carbocycles. The molecule has 1 unspecified atom stereocenters. The van der Waals surface area contributed by atoms with E-state index in [0.717, 1.165) is 7.11 Å². The molecule has 1 atom stereocenters. The van der Waals surface area contributed by atoms with Gasteiger partial charge in [0.2, 0.25) is 5.82 Å². The summed E-state index contributed by atoms with van der Waals surface area (Å²) in [6, 6.07) is 0.106. The molecule has 20 heavy (non-hydrogen) atoms. The molecule has 0 aliphatic carbocycles. The van der Waals surface area contributed by atoms with Crippen LogP contribution in [0.1, 0.15) is 23.0 Å². The highest BCUT2D eigenvalue weighted by Crippen LogP contribution is 2.28. The van der Waals surface area contributed by atoms with Gasteiger partial charge < -0.3 is 15.2 Å². The number of hydrogen-bond donors (Lipinski definition) is 2. The molecular weight excluding hydrogens is 270 g/mol. The van der Waals surface area contributed by atoms with Crippen LogP contribution in [0.5, 0.6) is 0 Å². The summed E-state index contributed by atoms with van der Waals surface area (Å²) >= 11 is 0. The number of carbonyl (C=O) groups is 2. The van der Waals surface area contributed by atoms with E-state index in [0.29, 0.717) is 5.69 Å². The van der Waals surface area contributed by atoms with E-state index >= 15 is 0 Å². The molecule has 1 aromatic heterocycles. The first-order valence-electron chi connectivity index (χ1n) is 5.51. The van der Waals surface area contributed by atoms with Gasteiger partial charge in [0.15, 0.2) is 0 Å². The van der Waals surface area contributed by atoms with E-state index < -0.39 is 28.6 Å². The number of nitrogens with zero attached hydrogens (tertiary/aromatic N) is 2. The van der Waals surface area contributed by atoms with E-state index in [1.54, 1.807) is 0 Å². The Labute approximate surface area is 113 Å². The lowest BCUT2D eigenvalue weighted by Crippen LogP contribution is -2.27. The van der Waals surface area contributed by atoms with Gasteiger partial charge in [0.05, 0.1) is 12.0 Å². The fourth-order valence-electron chi connectivity index (χ4n) is 1.48. The topological polar surface area (TPSA) is 132 Å². The number of rotatable bonds is 5. The van der Waals surface area contributed by atoms with Crippen molar-refractivity contribution in [3.63, 3.8) is 0 Å². The third-order valence-corrected chi connectivity index (χ3v) is 2.43. The minimum atomic E-state index is -1.21. The Kier molecular flexibility index (Phi) is 4.57.